The van der Waals surface area contributed by atoms with Crippen molar-refractivity contribution in [1.82, 2.24) is 10.3 Å². The van der Waals surface area contributed by atoms with Gasteiger partial charge in [0.1, 0.15) is 0 Å². The molecule has 2 bridgehead atoms. The van der Waals surface area contributed by atoms with E-state index in [0.717, 1.165) is 12.8 Å². The van der Waals surface area contributed by atoms with Crippen molar-refractivity contribution in [3.05, 3.63) is 41.5 Å². The maximum absolute atomic E-state index is 12.1. The van der Waals surface area contributed by atoms with Crippen molar-refractivity contribution in [3.8, 4) is 0 Å². The molecule has 0 amide bonds. The van der Waals surface area contributed by atoms with Gasteiger partial charge in [-0.15, -0.1) is 0 Å². The highest BCUT2D eigenvalue weighted by atomic mass is 32.2. The van der Waals surface area contributed by atoms with Crippen LogP contribution in [-0.4, -0.2) is 20.2 Å². The molecule has 1 heterocycles. The van der Waals surface area contributed by atoms with Gasteiger partial charge in [-0.3, -0.25) is 0 Å². The van der Waals surface area contributed by atoms with Crippen molar-refractivity contribution in [1.29, 1.82) is 0 Å². The minimum atomic E-state index is -3.24. The molecule has 118 valence electrons. The average molecular weight is 318 g/mol. The smallest absolute Gasteiger partial charge is 0.224 e. The van der Waals surface area contributed by atoms with Gasteiger partial charge < -0.3 is 0 Å². The second-order valence-electron chi connectivity index (χ2n) is 7.46. The van der Waals surface area contributed by atoms with Crippen LogP contribution in [0, 0.1) is 16.7 Å². The van der Waals surface area contributed by atoms with E-state index in [4.69, 9.17) is 0 Å². The van der Waals surface area contributed by atoms with Gasteiger partial charge in [0.25, 0.3) is 0 Å². The summed E-state index contributed by atoms with van der Waals surface area (Å²) in [5.41, 5.74) is 5.46. The number of hydrogen-bond donors (Lipinski definition) is 2. The van der Waals surface area contributed by atoms with Gasteiger partial charge in [0, 0.05) is 5.41 Å². The van der Waals surface area contributed by atoms with E-state index < -0.39 is 10.0 Å². The van der Waals surface area contributed by atoms with Crippen LogP contribution in [0.2, 0.25) is 0 Å². The molecule has 2 aliphatic carbocycles. The van der Waals surface area contributed by atoms with E-state index in [2.05, 4.69) is 42.3 Å². The fraction of sp³-hybridized carbons (Fsp3) is 0.529. The van der Waals surface area contributed by atoms with Crippen LogP contribution < -0.4 is 10.3 Å². The Kier molecular flexibility index (Phi) is 2.91. The zero-order valence-corrected chi connectivity index (χ0v) is 13.8. The highest BCUT2D eigenvalue weighted by Gasteiger charge is 2.68. The van der Waals surface area contributed by atoms with E-state index in [1.807, 2.05) is 18.2 Å². The van der Waals surface area contributed by atoms with Crippen LogP contribution in [0.15, 0.2) is 35.9 Å². The lowest BCUT2D eigenvalue weighted by Gasteiger charge is -2.45. The summed E-state index contributed by atoms with van der Waals surface area (Å²) in [6.07, 6.45) is 4.32. The summed E-state index contributed by atoms with van der Waals surface area (Å²) in [5, 5.41) is 0. The van der Waals surface area contributed by atoms with Crippen LogP contribution in [0.1, 0.15) is 32.3 Å². The van der Waals surface area contributed by atoms with E-state index in [9.17, 15) is 8.42 Å². The van der Waals surface area contributed by atoms with Gasteiger partial charge in [-0.1, -0.05) is 50.3 Å². The highest BCUT2D eigenvalue weighted by Crippen LogP contribution is 2.68. The topological polar surface area (TPSA) is 58.2 Å². The van der Waals surface area contributed by atoms with Crippen molar-refractivity contribution >= 4 is 16.1 Å². The molecular weight excluding hydrogens is 296 g/mol. The Morgan fingerprint density at radius 2 is 1.95 bits per heavy atom. The van der Waals surface area contributed by atoms with Gasteiger partial charge in [0.2, 0.25) is 10.0 Å². The van der Waals surface area contributed by atoms with E-state index in [-0.39, 0.29) is 22.6 Å². The van der Waals surface area contributed by atoms with Crippen LogP contribution in [0.4, 0.5) is 0 Å². The number of hydrazine groups is 1. The van der Waals surface area contributed by atoms with Gasteiger partial charge in [-0.25, -0.2) is 13.8 Å². The first kappa shape index (κ1) is 14.4. The normalized spacial score (nSPS) is 39.8. The summed E-state index contributed by atoms with van der Waals surface area (Å²) in [6, 6.07) is 10.4. The lowest BCUT2D eigenvalue weighted by Crippen LogP contribution is -2.62. The third kappa shape index (κ3) is 1.79. The Bertz CT molecular complexity index is 739. The number of benzene rings is 1. The fourth-order valence-electron chi connectivity index (χ4n) is 5.06. The third-order valence-corrected chi connectivity index (χ3v) is 7.59. The molecule has 2 unspecified atom stereocenters. The number of hydrogen-bond acceptors (Lipinski definition) is 3. The second kappa shape index (κ2) is 4.43. The third-order valence-electron chi connectivity index (χ3n) is 6.26. The van der Waals surface area contributed by atoms with Gasteiger partial charge in [0.05, 0.1) is 11.8 Å². The van der Waals surface area contributed by atoms with Crippen LogP contribution in [0.3, 0.4) is 0 Å². The molecule has 5 heteroatoms. The quantitative estimate of drug-likeness (QED) is 0.835. The van der Waals surface area contributed by atoms with Crippen LogP contribution in [0.25, 0.3) is 6.08 Å². The zero-order valence-electron chi connectivity index (χ0n) is 13.0. The number of sulfonamides is 1. The molecule has 3 fully saturated rings. The first-order valence-corrected chi connectivity index (χ1v) is 9.53. The average Bonchev–Trinajstić information content (AvgIpc) is 2.79. The van der Waals surface area contributed by atoms with E-state index in [1.54, 1.807) is 0 Å². The SMILES string of the molecule is CC1(C)C2CCC13CS(=O)(=O)NN[C@@H]3/C2=C/c1ccccc1. The predicted octanol–water partition coefficient (Wildman–Crippen LogP) is 2.31. The van der Waals surface area contributed by atoms with Gasteiger partial charge in [-0.2, -0.15) is 4.83 Å². The van der Waals surface area contributed by atoms with Gasteiger partial charge in [0.15, 0.2) is 0 Å². The lowest BCUT2D eigenvalue weighted by molar-refractivity contribution is 0.114. The molecule has 0 aromatic heterocycles. The second-order valence-corrected chi connectivity index (χ2v) is 9.18. The monoisotopic (exact) mass is 318 g/mol. The molecule has 1 aliphatic heterocycles. The van der Waals surface area contributed by atoms with Gasteiger partial charge >= 0.3 is 0 Å². The molecule has 0 radical (unpaired) electrons. The van der Waals surface area contributed by atoms with Gasteiger partial charge in [-0.05, 0) is 35.3 Å². The molecular formula is C17H22N2O2S. The Morgan fingerprint density at radius 3 is 2.68 bits per heavy atom. The Balaban J connectivity index is 1.83. The molecule has 22 heavy (non-hydrogen) atoms. The van der Waals surface area contributed by atoms with Crippen LogP contribution in [-0.2, 0) is 10.0 Å². The minimum absolute atomic E-state index is 0.000447. The standard InChI is InChI=1S/C17H22N2O2S/c1-16(2)14-8-9-17(16)11-22(20,21)19-18-15(17)13(14)10-12-6-4-3-5-7-12/h3-7,10,14-15,18-19H,8-9,11H2,1-2H3/b13-10+/t14?,15-,17?/m1/s1. The summed E-state index contributed by atoms with van der Waals surface area (Å²) in [5.74, 6) is 0.674. The summed E-state index contributed by atoms with van der Waals surface area (Å²) in [4.78, 5) is 2.54. The van der Waals surface area contributed by atoms with E-state index in [0.29, 0.717) is 5.92 Å². The first-order valence-electron chi connectivity index (χ1n) is 7.87. The van der Waals surface area contributed by atoms with Crippen LogP contribution in [0.5, 0.6) is 0 Å². The Labute approximate surface area is 132 Å². The Hall–Kier alpha value is -1.17. The number of fused-ring (bicyclic) bond motifs is 1. The minimum Gasteiger partial charge on any atom is -0.236 e. The van der Waals surface area contributed by atoms with E-state index >= 15 is 0 Å². The van der Waals surface area contributed by atoms with Crippen molar-refractivity contribution in [3.63, 3.8) is 0 Å². The highest BCUT2D eigenvalue weighted by molar-refractivity contribution is 7.89. The van der Waals surface area contributed by atoms with Crippen molar-refractivity contribution < 1.29 is 8.42 Å². The molecule has 3 aliphatic rings. The molecule has 2 saturated carbocycles. The molecule has 3 atom stereocenters. The number of nitrogens with one attached hydrogen (secondary N) is 2. The largest absolute Gasteiger partial charge is 0.236 e. The summed E-state index contributed by atoms with van der Waals surface area (Å²) >= 11 is 0. The van der Waals surface area contributed by atoms with Crippen LogP contribution >= 0.6 is 0 Å². The molecule has 1 aromatic carbocycles. The molecule has 4 nitrogen and oxygen atoms in total. The summed E-state index contributed by atoms with van der Waals surface area (Å²) in [6.45, 7) is 4.48. The fourth-order valence-corrected chi connectivity index (χ4v) is 6.80. The Morgan fingerprint density at radius 1 is 1.23 bits per heavy atom. The molecule has 4 rings (SSSR count). The number of rotatable bonds is 1. The lowest BCUT2D eigenvalue weighted by atomic mass is 9.69. The predicted molar refractivity (Wildman–Crippen MR) is 87.2 cm³/mol. The molecule has 1 aromatic rings. The van der Waals surface area contributed by atoms with Crippen molar-refractivity contribution in [2.45, 2.75) is 32.7 Å². The molecule has 2 N–H and O–H groups in total. The maximum Gasteiger partial charge on any atom is 0.224 e. The maximum atomic E-state index is 12.1. The molecule has 1 saturated heterocycles. The van der Waals surface area contributed by atoms with Crippen molar-refractivity contribution in [2.24, 2.45) is 16.7 Å². The molecule has 1 spiro atoms. The summed E-state index contributed by atoms with van der Waals surface area (Å²) < 4.78 is 24.3. The summed E-state index contributed by atoms with van der Waals surface area (Å²) in [7, 11) is -3.24. The first-order chi connectivity index (χ1) is 10.4. The van der Waals surface area contributed by atoms with Crippen molar-refractivity contribution in [2.75, 3.05) is 5.75 Å². The zero-order chi connectivity index (χ0) is 15.6. The van der Waals surface area contributed by atoms with E-state index in [1.165, 1.54) is 11.1 Å².